The first-order chi connectivity index (χ1) is 11.5. The van der Waals surface area contributed by atoms with Crippen molar-refractivity contribution in [1.29, 1.82) is 0 Å². The Morgan fingerprint density at radius 2 is 1.67 bits per heavy atom. The topological polar surface area (TPSA) is 54.4 Å². The summed E-state index contributed by atoms with van der Waals surface area (Å²) in [6, 6.07) is 18.4. The molecule has 0 unspecified atom stereocenters. The van der Waals surface area contributed by atoms with E-state index in [1.807, 2.05) is 42.5 Å². The molecule has 0 saturated heterocycles. The Labute approximate surface area is 151 Å². The Hall–Kier alpha value is -2.24. The molecule has 3 rings (SSSR count). The average Bonchev–Trinajstić information content (AvgIpc) is 2.99. The van der Waals surface area contributed by atoms with Crippen molar-refractivity contribution in [2.45, 2.75) is 6.42 Å². The molecule has 0 saturated carbocycles. The number of rotatable bonds is 5. The minimum Gasteiger partial charge on any atom is -0.481 e. The highest BCUT2D eigenvalue weighted by Gasteiger charge is 2.18. The Morgan fingerprint density at radius 3 is 2.29 bits per heavy atom. The van der Waals surface area contributed by atoms with Gasteiger partial charge in [-0.15, -0.1) is 11.3 Å². The van der Waals surface area contributed by atoms with E-state index >= 15 is 0 Å². The molecule has 0 radical (unpaired) electrons. The fraction of sp³-hybridized carbons (Fsp3) is 0.0526. The molecule has 3 nitrogen and oxygen atoms in total. The van der Waals surface area contributed by atoms with Crippen LogP contribution in [0.1, 0.15) is 20.8 Å². The summed E-state index contributed by atoms with van der Waals surface area (Å²) in [4.78, 5) is 25.2. The Balaban J connectivity index is 2.03. The maximum atomic E-state index is 12.7. The van der Waals surface area contributed by atoms with Crippen LogP contribution in [0.25, 0.3) is 10.4 Å². The van der Waals surface area contributed by atoms with Gasteiger partial charge < -0.3 is 5.11 Å². The molecule has 1 aromatic heterocycles. The molecule has 1 heterocycles. The normalized spacial score (nSPS) is 10.5. The maximum absolute atomic E-state index is 12.7. The summed E-state index contributed by atoms with van der Waals surface area (Å²) < 4.78 is 0.904. The van der Waals surface area contributed by atoms with Crippen molar-refractivity contribution in [3.05, 3.63) is 81.1 Å². The summed E-state index contributed by atoms with van der Waals surface area (Å²) in [7, 11) is 0. The number of hydrogen-bond donors (Lipinski definition) is 1. The number of carbonyl (C=O) groups excluding carboxylic acids is 1. The zero-order chi connectivity index (χ0) is 17.1. The van der Waals surface area contributed by atoms with Crippen molar-refractivity contribution >= 4 is 39.0 Å². The number of benzene rings is 2. The molecule has 1 N–H and O–H groups in total. The molecule has 3 aromatic rings. The smallest absolute Gasteiger partial charge is 0.307 e. The molecule has 0 bridgehead atoms. The molecule has 0 spiro atoms. The number of thiophene rings is 1. The van der Waals surface area contributed by atoms with Gasteiger partial charge in [-0.2, -0.15) is 0 Å². The van der Waals surface area contributed by atoms with Gasteiger partial charge >= 0.3 is 5.97 Å². The first-order valence-electron chi connectivity index (χ1n) is 7.25. The predicted octanol–water partition coefficient (Wildman–Crippen LogP) is 5.04. The van der Waals surface area contributed by atoms with Crippen LogP contribution in [0, 0.1) is 0 Å². The predicted molar refractivity (Wildman–Crippen MR) is 98.7 cm³/mol. The van der Waals surface area contributed by atoms with E-state index < -0.39 is 5.97 Å². The third kappa shape index (κ3) is 3.63. The van der Waals surface area contributed by atoms with Crippen molar-refractivity contribution in [1.82, 2.24) is 0 Å². The van der Waals surface area contributed by atoms with Gasteiger partial charge in [-0.25, -0.2) is 0 Å². The van der Waals surface area contributed by atoms with Crippen molar-refractivity contribution in [3.63, 3.8) is 0 Å². The van der Waals surface area contributed by atoms with Crippen LogP contribution in [0.15, 0.2) is 65.1 Å². The summed E-state index contributed by atoms with van der Waals surface area (Å²) in [5.74, 6) is -1.01. The van der Waals surface area contributed by atoms with Crippen LogP contribution in [-0.4, -0.2) is 16.9 Å². The second-order valence-corrected chi connectivity index (χ2v) is 7.21. The summed E-state index contributed by atoms with van der Waals surface area (Å²) >= 11 is 4.69. The lowest BCUT2D eigenvalue weighted by Gasteiger charge is -2.00. The van der Waals surface area contributed by atoms with Crippen LogP contribution in [0.3, 0.4) is 0 Å². The van der Waals surface area contributed by atoms with Gasteiger partial charge in [0, 0.05) is 14.9 Å². The van der Waals surface area contributed by atoms with E-state index in [1.54, 1.807) is 18.2 Å². The lowest BCUT2D eigenvalue weighted by molar-refractivity contribution is -0.136. The SMILES string of the molecule is O=C(O)Cc1cc(C(=O)c2ccc(Br)cc2)sc1-c1ccccc1. The first kappa shape index (κ1) is 16.6. The molecule has 0 atom stereocenters. The molecule has 0 aliphatic carbocycles. The number of hydrogen-bond acceptors (Lipinski definition) is 3. The largest absolute Gasteiger partial charge is 0.481 e. The number of carboxylic acids is 1. The first-order valence-corrected chi connectivity index (χ1v) is 8.86. The zero-order valence-electron chi connectivity index (χ0n) is 12.5. The molecule has 5 heteroatoms. The number of ketones is 1. The molecule has 0 aliphatic rings. The number of aliphatic carboxylic acids is 1. The van der Waals surface area contributed by atoms with Gasteiger partial charge in [0.2, 0.25) is 5.78 Å². The van der Waals surface area contributed by atoms with E-state index in [2.05, 4.69) is 15.9 Å². The Bertz CT molecular complexity index is 883. The lowest BCUT2D eigenvalue weighted by atomic mass is 10.1. The Morgan fingerprint density at radius 1 is 1.00 bits per heavy atom. The minimum absolute atomic E-state index is 0.0960. The summed E-state index contributed by atoms with van der Waals surface area (Å²) in [5.41, 5.74) is 2.17. The van der Waals surface area contributed by atoms with E-state index in [4.69, 9.17) is 5.11 Å². The fourth-order valence-corrected chi connectivity index (χ4v) is 3.82. The molecule has 0 amide bonds. The summed E-state index contributed by atoms with van der Waals surface area (Å²) in [5, 5.41) is 9.15. The van der Waals surface area contributed by atoms with Crippen LogP contribution in [0.4, 0.5) is 0 Å². The second kappa shape index (κ2) is 7.11. The van der Waals surface area contributed by atoms with E-state index in [9.17, 15) is 9.59 Å². The highest BCUT2D eigenvalue weighted by molar-refractivity contribution is 9.10. The van der Waals surface area contributed by atoms with Crippen LogP contribution in [0.2, 0.25) is 0 Å². The summed E-state index contributed by atoms with van der Waals surface area (Å²) in [6.07, 6.45) is -0.103. The second-order valence-electron chi connectivity index (χ2n) is 5.24. The van der Waals surface area contributed by atoms with E-state index in [-0.39, 0.29) is 12.2 Å². The zero-order valence-corrected chi connectivity index (χ0v) is 14.9. The highest BCUT2D eigenvalue weighted by atomic mass is 79.9. The standard InChI is InChI=1S/C19H13BrO3S/c20-15-8-6-12(7-9-15)18(23)16-10-14(11-17(21)22)19(24-16)13-4-2-1-3-5-13/h1-10H,11H2,(H,21,22). The fourth-order valence-electron chi connectivity index (χ4n) is 2.41. The van der Waals surface area contributed by atoms with Crippen molar-refractivity contribution < 1.29 is 14.7 Å². The van der Waals surface area contributed by atoms with Crippen molar-refractivity contribution in [2.24, 2.45) is 0 Å². The van der Waals surface area contributed by atoms with Gasteiger partial charge in [-0.1, -0.05) is 46.3 Å². The lowest BCUT2D eigenvalue weighted by Crippen LogP contribution is -2.01. The van der Waals surface area contributed by atoms with Crippen LogP contribution in [0.5, 0.6) is 0 Å². The van der Waals surface area contributed by atoms with Gasteiger partial charge in [-0.3, -0.25) is 9.59 Å². The number of carbonyl (C=O) groups is 2. The third-order valence-electron chi connectivity index (χ3n) is 3.52. The van der Waals surface area contributed by atoms with E-state index in [1.165, 1.54) is 11.3 Å². The third-order valence-corrected chi connectivity index (χ3v) is 5.27. The molecule has 2 aromatic carbocycles. The highest BCUT2D eigenvalue weighted by Crippen LogP contribution is 2.34. The van der Waals surface area contributed by atoms with Crippen LogP contribution < -0.4 is 0 Å². The maximum Gasteiger partial charge on any atom is 0.307 e. The quantitative estimate of drug-likeness (QED) is 0.610. The monoisotopic (exact) mass is 400 g/mol. The van der Waals surface area contributed by atoms with E-state index in [0.717, 1.165) is 14.9 Å². The van der Waals surface area contributed by atoms with Crippen LogP contribution in [-0.2, 0) is 11.2 Å². The van der Waals surface area contributed by atoms with Crippen molar-refractivity contribution in [3.8, 4) is 10.4 Å². The average molecular weight is 401 g/mol. The number of carboxylic acid groups (broad SMARTS) is 1. The minimum atomic E-state index is -0.910. The van der Waals surface area contributed by atoms with Crippen molar-refractivity contribution in [2.75, 3.05) is 0 Å². The van der Waals surface area contributed by atoms with E-state index in [0.29, 0.717) is 16.0 Å². The molecular formula is C19H13BrO3S. The molecule has 0 aliphatic heterocycles. The number of halogens is 1. The van der Waals surface area contributed by atoms with Gasteiger partial charge in [0.05, 0.1) is 11.3 Å². The van der Waals surface area contributed by atoms with Gasteiger partial charge in [-0.05, 0) is 41.5 Å². The molecule has 24 heavy (non-hydrogen) atoms. The van der Waals surface area contributed by atoms with Gasteiger partial charge in [0.25, 0.3) is 0 Å². The molecule has 120 valence electrons. The van der Waals surface area contributed by atoms with Gasteiger partial charge in [0.15, 0.2) is 0 Å². The molecule has 0 fully saturated rings. The summed E-state index contributed by atoms with van der Waals surface area (Å²) in [6.45, 7) is 0. The van der Waals surface area contributed by atoms with Gasteiger partial charge in [0.1, 0.15) is 0 Å². The Kier molecular flexibility index (Phi) is 4.92. The van der Waals surface area contributed by atoms with Crippen LogP contribution >= 0.6 is 27.3 Å². The molecular weight excluding hydrogens is 388 g/mol.